The number of urea groups is 1. The van der Waals surface area contributed by atoms with E-state index in [1.54, 1.807) is 0 Å². The van der Waals surface area contributed by atoms with Crippen LogP contribution in [0.25, 0.3) is 0 Å². The first-order valence-corrected chi connectivity index (χ1v) is 7.98. The third kappa shape index (κ3) is 5.77. The highest BCUT2D eigenvalue weighted by Crippen LogP contribution is 2.15. The maximum absolute atomic E-state index is 11.7. The molecular formula is C17H19BrN2O2. The molecule has 22 heavy (non-hydrogen) atoms. The van der Waals surface area contributed by atoms with E-state index in [4.69, 9.17) is 4.74 Å². The summed E-state index contributed by atoms with van der Waals surface area (Å²) in [4.78, 5) is 11.7. The number of nitrogens with one attached hydrogen (secondary N) is 2. The summed E-state index contributed by atoms with van der Waals surface area (Å²) in [5.74, 6) is 0.848. The van der Waals surface area contributed by atoms with Crippen molar-refractivity contribution in [3.05, 3.63) is 64.6 Å². The number of benzene rings is 2. The van der Waals surface area contributed by atoms with Crippen molar-refractivity contribution in [2.75, 3.05) is 13.2 Å². The molecule has 0 saturated heterocycles. The van der Waals surface area contributed by atoms with Crippen molar-refractivity contribution in [2.24, 2.45) is 0 Å². The lowest BCUT2D eigenvalue weighted by molar-refractivity contribution is 0.238. The predicted molar refractivity (Wildman–Crippen MR) is 90.9 cm³/mol. The highest BCUT2D eigenvalue weighted by Gasteiger charge is 2.02. The van der Waals surface area contributed by atoms with Crippen LogP contribution in [0.4, 0.5) is 4.79 Å². The maximum atomic E-state index is 11.7. The number of hydrogen-bond donors (Lipinski definition) is 2. The number of carbonyl (C=O) groups excluding carboxylic acids is 1. The molecule has 0 saturated carbocycles. The van der Waals surface area contributed by atoms with Gasteiger partial charge in [-0.1, -0.05) is 52.3 Å². The number of para-hydroxylation sites is 1. The van der Waals surface area contributed by atoms with Gasteiger partial charge in [-0.05, 0) is 30.2 Å². The second kappa shape index (κ2) is 9.10. The first-order chi connectivity index (χ1) is 10.8. The Morgan fingerprint density at radius 3 is 2.50 bits per heavy atom. The molecule has 0 aliphatic rings. The lowest BCUT2D eigenvalue weighted by Gasteiger charge is -2.09. The zero-order chi connectivity index (χ0) is 15.6. The van der Waals surface area contributed by atoms with Crippen LogP contribution in [0.15, 0.2) is 59.1 Å². The fourth-order valence-corrected chi connectivity index (χ4v) is 2.29. The molecule has 2 amide bonds. The van der Waals surface area contributed by atoms with E-state index in [1.165, 1.54) is 0 Å². The molecule has 0 atom stereocenters. The van der Waals surface area contributed by atoms with Crippen LogP contribution < -0.4 is 15.4 Å². The van der Waals surface area contributed by atoms with Crippen molar-refractivity contribution in [2.45, 2.75) is 13.0 Å². The molecule has 2 rings (SSSR count). The van der Waals surface area contributed by atoms with Crippen LogP contribution in [-0.2, 0) is 6.54 Å². The molecule has 0 spiro atoms. The summed E-state index contributed by atoms with van der Waals surface area (Å²) in [6, 6.07) is 17.3. The molecule has 2 aromatic carbocycles. The average Bonchev–Trinajstić information content (AvgIpc) is 2.55. The maximum Gasteiger partial charge on any atom is 0.315 e. The van der Waals surface area contributed by atoms with Crippen molar-refractivity contribution in [1.29, 1.82) is 0 Å². The molecule has 0 bridgehead atoms. The fraction of sp³-hybridized carbons (Fsp3) is 0.235. The van der Waals surface area contributed by atoms with Gasteiger partial charge in [0.25, 0.3) is 0 Å². The number of hydrogen-bond acceptors (Lipinski definition) is 2. The molecule has 0 aliphatic heterocycles. The number of ether oxygens (including phenoxy) is 1. The molecule has 0 aromatic heterocycles. The van der Waals surface area contributed by atoms with Gasteiger partial charge in [-0.3, -0.25) is 0 Å². The number of rotatable bonds is 7. The molecular weight excluding hydrogens is 344 g/mol. The van der Waals surface area contributed by atoms with Gasteiger partial charge in [-0.15, -0.1) is 0 Å². The van der Waals surface area contributed by atoms with Crippen LogP contribution in [-0.4, -0.2) is 19.2 Å². The molecule has 0 radical (unpaired) electrons. The summed E-state index contributed by atoms with van der Waals surface area (Å²) in [5, 5.41) is 5.64. The van der Waals surface area contributed by atoms with Gasteiger partial charge in [0.2, 0.25) is 0 Å². The van der Waals surface area contributed by atoms with E-state index >= 15 is 0 Å². The Bertz CT molecular complexity index is 590. The minimum Gasteiger partial charge on any atom is -0.494 e. The van der Waals surface area contributed by atoms with Gasteiger partial charge in [0.05, 0.1) is 6.61 Å². The Hall–Kier alpha value is -2.01. The van der Waals surface area contributed by atoms with Gasteiger partial charge in [0, 0.05) is 17.6 Å². The topological polar surface area (TPSA) is 50.4 Å². The molecule has 4 nitrogen and oxygen atoms in total. The predicted octanol–water partition coefficient (Wildman–Crippen LogP) is 3.72. The second-order valence-electron chi connectivity index (χ2n) is 4.72. The Labute approximate surface area is 139 Å². The first kappa shape index (κ1) is 16.4. The van der Waals surface area contributed by atoms with Crippen LogP contribution in [0.5, 0.6) is 5.75 Å². The van der Waals surface area contributed by atoms with E-state index in [0.29, 0.717) is 19.7 Å². The van der Waals surface area contributed by atoms with Gasteiger partial charge in [-0.25, -0.2) is 4.79 Å². The zero-order valence-corrected chi connectivity index (χ0v) is 13.8. The van der Waals surface area contributed by atoms with E-state index in [-0.39, 0.29) is 6.03 Å². The van der Waals surface area contributed by atoms with Gasteiger partial charge in [0.15, 0.2) is 0 Å². The van der Waals surface area contributed by atoms with Crippen LogP contribution >= 0.6 is 15.9 Å². The lowest BCUT2D eigenvalue weighted by atomic mass is 10.2. The third-order valence-electron chi connectivity index (χ3n) is 3.02. The summed E-state index contributed by atoms with van der Waals surface area (Å²) >= 11 is 3.45. The highest BCUT2D eigenvalue weighted by atomic mass is 79.9. The standard InChI is InChI=1S/C17H19BrN2O2/c18-16-10-5-4-7-14(16)13-20-17(21)19-11-6-12-22-15-8-2-1-3-9-15/h1-5,7-10H,6,11-13H2,(H2,19,20,21). The van der Waals surface area contributed by atoms with Crippen molar-refractivity contribution >= 4 is 22.0 Å². The van der Waals surface area contributed by atoms with Crippen molar-refractivity contribution < 1.29 is 9.53 Å². The van der Waals surface area contributed by atoms with Crippen molar-refractivity contribution in [1.82, 2.24) is 10.6 Å². The summed E-state index contributed by atoms with van der Waals surface area (Å²) in [5.41, 5.74) is 1.05. The first-order valence-electron chi connectivity index (χ1n) is 7.18. The van der Waals surface area contributed by atoms with Gasteiger partial charge >= 0.3 is 6.03 Å². The van der Waals surface area contributed by atoms with Crippen LogP contribution in [0.2, 0.25) is 0 Å². The highest BCUT2D eigenvalue weighted by molar-refractivity contribution is 9.10. The smallest absolute Gasteiger partial charge is 0.315 e. The van der Waals surface area contributed by atoms with E-state index in [9.17, 15) is 4.79 Å². The Morgan fingerprint density at radius 1 is 1.00 bits per heavy atom. The molecule has 2 aromatic rings. The Kier molecular flexibility index (Phi) is 6.77. The summed E-state index contributed by atoms with van der Waals surface area (Å²) in [7, 11) is 0. The molecule has 5 heteroatoms. The molecule has 0 aliphatic carbocycles. The van der Waals surface area contributed by atoms with E-state index < -0.39 is 0 Å². The summed E-state index contributed by atoms with van der Waals surface area (Å²) < 4.78 is 6.55. The van der Waals surface area contributed by atoms with Gasteiger partial charge < -0.3 is 15.4 Å². The quantitative estimate of drug-likeness (QED) is 0.737. The molecule has 0 fully saturated rings. The monoisotopic (exact) mass is 362 g/mol. The largest absolute Gasteiger partial charge is 0.494 e. The molecule has 0 unspecified atom stereocenters. The minimum atomic E-state index is -0.171. The van der Waals surface area contributed by atoms with Crippen LogP contribution in [0, 0.1) is 0 Å². The average molecular weight is 363 g/mol. The molecule has 116 valence electrons. The Balaban J connectivity index is 1.57. The van der Waals surface area contributed by atoms with Crippen LogP contribution in [0.3, 0.4) is 0 Å². The molecule has 0 heterocycles. The van der Waals surface area contributed by atoms with E-state index in [2.05, 4.69) is 26.6 Å². The SMILES string of the molecule is O=C(NCCCOc1ccccc1)NCc1ccccc1Br. The Morgan fingerprint density at radius 2 is 1.73 bits per heavy atom. The summed E-state index contributed by atoms with van der Waals surface area (Å²) in [6.07, 6.45) is 0.761. The van der Waals surface area contributed by atoms with E-state index in [0.717, 1.165) is 22.2 Å². The second-order valence-corrected chi connectivity index (χ2v) is 5.57. The summed E-state index contributed by atoms with van der Waals surface area (Å²) in [6.45, 7) is 1.65. The normalized spacial score (nSPS) is 10.0. The number of amides is 2. The van der Waals surface area contributed by atoms with Gasteiger partial charge in [0.1, 0.15) is 5.75 Å². The lowest BCUT2D eigenvalue weighted by Crippen LogP contribution is -2.36. The van der Waals surface area contributed by atoms with Crippen LogP contribution in [0.1, 0.15) is 12.0 Å². The van der Waals surface area contributed by atoms with Gasteiger partial charge in [-0.2, -0.15) is 0 Å². The number of halogens is 1. The number of carbonyl (C=O) groups is 1. The third-order valence-corrected chi connectivity index (χ3v) is 3.79. The van der Waals surface area contributed by atoms with E-state index in [1.807, 2.05) is 54.6 Å². The minimum absolute atomic E-state index is 0.171. The fourth-order valence-electron chi connectivity index (χ4n) is 1.86. The van der Waals surface area contributed by atoms with Crippen molar-refractivity contribution in [3.63, 3.8) is 0 Å². The zero-order valence-electron chi connectivity index (χ0n) is 12.2. The van der Waals surface area contributed by atoms with Crippen molar-refractivity contribution in [3.8, 4) is 5.75 Å². The molecule has 2 N–H and O–H groups in total.